The Labute approximate surface area is 96.0 Å². The van der Waals surface area contributed by atoms with Gasteiger partial charge in [0, 0.05) is 24.2 Å². The quantitative estimate of drug-likeness (QED) is 0.844. The zero-order valence-electron chi connectivity index (χ0n) is 10.2. The number of nitrogens with zero attached hydrogens (tertiary/aromatic N) is 2. The molecule has 1 aliphatic rings. The van der Waals surface area contributed by atoms with Crippen LogP contribution in [-0.2, 0) is 11.8 Å². The van der Waals surface area contributed by atoms with Gasteiger partial charge in [0.05, 0.1) is 12.2 Å². The first-order chi connectivity index (χ1) is 7.59. The monoisotopic (exact) mass is 221 g/mol. The minimum absolute atomic E-state index is 0.0572. The Bertz CT molecular complexity index is 393. The molecule has 4 nitrogen and oxygen atoms in total. The van der Waals surface area contributed by atoms with E-state index in [-0.39, 0.29) is 17.9 Å². The summed E-state index contributed by atoms with van der Waals surface area (Å²) in [6, 6.07) is 0.0572. The molecular formula is C12H19N3O. The van der Waals surface area contributed by atoms with Crippen LogP contribution in [0.2, 0.25) is 0 Å². The topological polar surface area (TPSA) is 46.9 Å². The number of aryl methyl sites for hydroxylation is 1. The molecule has 0 aromatic carbocycles. The summed E-state index contributed by atoms with van der Waals surface area (Å²) in [5.74, 6) is 0.446. The smallest absolute Gasteiger partial charge is 0.223 e. The van der Waals surface area contributed by atoms with Gasteiger partial charge in [-0.3, -0.25) is 9.48 Å². The second-order valence-corrected chi connectivity index (χ2v) is 4.67. The number of aromatic nitrogens is 2. The number of hydrogen-bond donors (Lipinski definition) is 1. The van der Waals surface area contributed by atoms with E-state index in [4.69, 9.17) is 0 Å². The minimum atomic E-state index is 0.0572. The number of nitrogens with one attached hydrogen (secondary N) is 1. The summed E-state index contributed by atoms with van der Waals surface area (Å²) in [5, 5.41) is 7.25. The molecule has 0 aliphatic heterocycles. The van der Waals surface area contributed by atoms with Crippen molar-refractivity contribution in [3.8, 4) is 0 Å². The predicted octanol–water partition coefficient (Wildman–Crippen LogP) is 1.71. The number of carbonyl (C=O) groups excluding carboxylic acids is 1. The van der Waals surface area contributed by atoms with Crippen molar-refractivity contribution in [3.63, 3.8) is 0 Å². The molecule has 16 heavy (non-hydrogen) atoms. The molecule has 4 heteroatoms. The Morgan fingerprint density at radius 3 is 2.75 bits per heavy atom. The molecule has 1 fully saturated rings. The normalized spacial score (nSPS) is 17.9. The average Bonchev–Trinajstić information content (AvgIpc) is 2.44. The molecule has 1 heterocycles. The summed E-state index contributed by atoms with van der Waals surface area (Å²) in [4.78, 5) is 11.8. The molecule has 1 aromatic rings. The first-order valence-electron chi connectivity index (χ1n) is 5.88. The summed E-state index contributed by atoms with van der Waals surface area (Å²) in [5.41, 5.74) is 2.22. The number of rotatable bonds is 3. The van der Waals surface area contributed by atoms with Crippen LogP contribution < -0.4 is 5.32 Å². The van der Waals surface area contributed by atoms with Crippen LogP contribution >= 0.6 is 0 Å². The van der Waals surface area contributed by atoms with Crippen LogP contribution in [0.15, 0.2) is 6.20 Å². The van der Waals surface area contributed by atoms with Gasteiger partial charge in [-0.25, -0.2) is 0 Å². The van der Waals surface area contributed by atoms with Crippen molar-refractivity contribution in [2.24, 2.45) is 13.0 Å². The van der Waals surface area contributed by atoms with Crippen molar-refractivity contribution < 1.29 is 4.79 Å². The number of carbonyl (C=O) groups is 1. The lowest BCUT2D eigenvalue weighted by Crippen LogP contribution is -2.36. The Morgan fingerprint density at radius 2 is 2.31 bits per heavy atom. The van der Waals surface area contributed by atoms with Crippen LogP contribution in [0, 0.1) is 12.8 Å². The third-order valence-corrected chi connectivity index (χ3v) is 3.57. The Hall–Kier alpha value is -1.32. The summed E-state index contributed by atoms with van der Waals surface area (Å²) in [6.07, 6.45) is 5.12. The van der Waals surface area contributed by atoms with E-state index in [1.807, 2.05) is 31.8 Å². The lowest BCUT2D eigenvalue weighted by Gasteiger charge is -2.26. The van der Waals surface area contributed by atoms with Crippen LogP contribution in [0.3, 0.4) is 0 Å². The van der Waals surface area contributed by atoms with Crippen molar-refractivity contribution in [3.05, 3.63) is 17.5 Å². The zero-order valence-corrected chi connectivity index (χ0v) is 10.2. The van der Waals surface area contributed by atoms with E-state index < -0.39 is 0 Å². The maximum Gasteiger partial charge on any atom is 0.223 e. The molecular weight excluding hydrogens is 202 g/mol. The fourth-order valence-electron chi connectivity index (χ4n) is 2.02. The summed E-state index contributed by atoms with van der Waals surface area (Å²) in [7, 11) is 1.92. The van der Waals surface area contributed by atoms with Gasteiger partial charge in [-0.2, -0.15) is 5.10 Å². The Morgan fingerprint density at radius 1 is 1.62 bits per heavy atom. The number of amides is 1. The fourth-order valence-corrected chi connectivity index (χ4v) is 2.02. The summed E-state index contributed by atoms with van der Waals surface area (Å²) in [6.45, 7) is 4.04. The third-order valence-electron chi connectivity index (χ3n) is 3.57. The highest BCUT2D eigenvalue weighted by molar-refractivity contribution is 5.79. The largest absolute Gasteiger partial charge is 0.349 e. The highest BCUT2D eigenvalue weighted by Gasteiger charge is 2.26. The van der Waals surface area contributed by atoms with Crippen LogP contribution in [0.1, 0.15) is 43.5 Å². The summed E-state index contributed by atoms with van der Waals surface area (Å²) >= 11 is 0. The van der Waals surface area contributed by atoms with E-state index in [0.717, 1.165) is 24.1 Å². The molecule has 0 saturated heterocycles. The standard InChI is InChI=1S/C12H19N3O/c1-8(11-7-13-15(3)9(11)2)14-12(16)10-5-4-6-10/h7-8,10H,4-6H2,1-3H3,(H,14,16). The Balaban J connectivity index is 1.99. The molecule has 1 aromatic heterocycles. The van der Waals surface area contributed by atoms with Gasteiger partial charge in [0.15, 0.2) is 0 Å². The van der Waals surface area contributed by atoms with Crippen LogP contribution in [0.25, 0.3) is 0 Å². The van der Waals surface area contributed by atoms with Gasteiger partial charge in [-0.15, -0.1) is 0 Å². The van der Waals surface area contributed by atoms with Gasteiger partial charge in [0.25, 0.3) is 0 Å². The van der Waals surface area contributed by atoms with Gasteiger partial charge < -0.3 is 5.32 Å². The molecule has 1 amide bonds. The van der Waals surface area contributed by atoms with Crippen molar-refractivity contribution in [2.75, 3.05) is 0 Å². The second kappa shape index (κ2) is 4.28. The maximum atomic E-state index is 11.8. The van der Waals surface area contributed by atoms with Crippen molar-refractivity contribution >= 4 is 5.91 Å². The van der Waals surface area contributed by atoms with E-state index in [1.165, 1.54) is 6.42 Å². The first kappa shape index (κ1) is 11.2. The first-order valence-corrected chi connectivity index (χ1v) is 5.88. The van der Waals surface area contributed by atoms with Gasteiger partial charge in [0.1, 0.15) is 0 Å². The van der Waals surface area contributed by atoms with Gasteiger partial charge >= 0.3 is 0 Å². The van der Waals surface area contributed by atoms with Crippen molar-refractivity contribution in [1.82, 2.24) is 15.1 Å². The highest BCUT2D eigenvalue weighted by Crippen LogP contribution is 2.27. The van der Waals surface area contributed by atoms with E-state index in [0.29, 0.717) is 0 Å². The molecule has 2 rings (SSSR count). The highest BCUT2D eigenvalue weighted by atomic mass is 16.2. The van der Waals surface area contributed by atoms with E-state index >= 15 is 0 Å². The van der Waals surface area contributed by atoms with Crippen molar-refractivity contribution in [1.29, 1.82) is 0 Å². The van der Waals surface area contributed by atoms with Crippen molar-refractivity contribution in [2.45, 2.75) is 39.2 Å². The molecule has 1 atom stereocenters. The molecule has 0 spiro atoms. The van der Waals surface area contributed by atoms with Gasteiger partial charge in [-0.05, 0) is 26.7 Å². The van der Waals surface area contributed by atoms with Crippen LogP contribution in [0.4, 0.5) is 0 Å². The molecule has 0 radical (unpaired) electrons. The molecule has 1 N–H and O–H groups in total. The predicted molar refractivity (Wildman–Crippen MR) is 61.8 cm³/mol. The molecule has 0 bridgehead atoms. The lowest BCUT2D eigenvalue weighted by atomic mass is 9.84. The minimum Gasteiger partial charge on any atom is -0.349 e. The lowest BCUT2D eigenvalue weighted by molar-refractivity contribution is -0.128. The molecule has 1 aliphatic carbocycles. The Kier molecular flexibility index (Phi) is 2.99. The van der Waals surface area contributed by atoms with E-state index in [9.17, 15) is 4.79 Å². The van der Waals surface area contributed by atoms with E-state index in [1.54, 1.807) is 0 Å². The van der Waals surface area contributed by atoms with Gasteiger partial charge in [-0.1, -0.05) is 6.42 Å². The molecule has 1 saturated carbocycles. The number of hydrogen-bond acceptors (Lipinski definition) is 2. The maximum absolute atomic E-state index is 11.8. The molecule has 88 valence electrons. The van der Waals surface area contributed by atoms with Gasteiger partial charge in [0.2, 0.25) is 5.91 Å². The average molecular weight is 221 g/mol. The van der Waals surface area contributed by atoms with E-state index in [2.05, 4.69) is 10.4 Å². The van der Waals surface area contributed by atoms with Crippen LogP contribution in [0.5, 0.6) is 0 Å². The molecule has 1 unspecified atom stereocenters. The second-order valence-electron chi connectivity index (χ2n) is 4.67. The fraction of sp³-hybridized carbons (Fsp3) is 0.667. The SMILES string of the molecule is Cc1c(C(C)NC(=O)C2CCC2)cnn1C. The zero-order chi connectivity index (χ0) is 11.7. The van der Waals surface area contributed by atoms with Crippen LogP contribution in [-0.4, -0.2) is 15.7 Å². The third kappa shape index (κ3) is 1.96. The summed E-state index contributed by atoms with van der Waals surface area (Å²) < 4.78 is 1.83.